The Morgan fingerprint density at radius 3 is 2.64 bits per heavy atom. The van der Waals surface area contributed by atoms with E-state index in [0.29, 0.717) is 5.71 Å². The number of furan rings is 1. The van der Waals surface area contributed by atoms with Crippen molar-refractivity contribution < 1.29 is 8.81 Å². The molecule has 0 aliphatic carbocycles. The van der Waals surface area contributed by atoms with E-state index in [0.717, 1.165) is 27.6 Å². The topological polar surface area (TPSA) is 32.5 Å². The Kier molecular flexibility index (Phi) is 2.66. The van der Waals surface area contributed by atoms with E-state index in [-0.39, 0.29) is 6.17 Å². The predicted molar refractivity (Wildman–Crippen MR) is 85.1 cm³/mol. The van der Waals surface area contributed by atoms with Gasteiger partial charge in [-0.2, -0.15) is 9.37 Å². The van der Waals surface area contributed by atoms with Gasteiger partial charge in [-0.25, -0.2) is 0 Å². The number of aromatic nitrogens is 1. The first-order chi connectivity index (χ1) is 10.6. The van der Waals surface area contributed by atoms with Crippen molar-refractivity contribution in [1.82, 2.24) is 9.88 Å². The molecule has 0 bridgehead atoms. The maximum absolute atomic E-state index is 13.4. The molecule has 1 aliphatic rings. The van der Waals surface area contributed by atoms with Gasteiger partial charge in [-0.05, 0) is 31.5 Å². The second-order valence-electron chi connectivity index (χ2n) is 5.70. The first-order valence-corrected chi connectivity index (χ1v) is 7.23. The van der Waals surface area contributed by atoms with E-state index in [2.05, 4.69) is 34.7 Å². The highest BCUT2D eigenvalue weighted by molar-refractivity contribution is 6.08. The van der Waals surface area contributed by atoms with Gasteiger partial charge in [0.05, 0.1) is 5.69 Å². The van der Waals surface area contributed by atoms with Crippen LogP contribution in [0.5, 0.6) is 0 Å². The Bertz CT molecular complexity index is 915. The molecule has 0 unspecified atom stereocenters. The molecule has 0 fully saturated rings. The van der Waals surface area contributed by atoms with Gasteiger partial charge < -0.3 is 14.2 Å². The molecule has 0 amide bonds. The first-order valence-electron chi connectivity index (χ1n) is 7.23. The summed E-state index contributed by atoms with van der Waals surface area (Å²) >= 11 is 0. The molecule has 3 heterocycles. The Morgan fingerprint density at radius 1 is 1.14 bits per heavy atom. The van der Waals surface area contributed by atoms with E-state index in [4.69, 9.17) is 4.42 Å². The number of hydrogen-bond donors (Lipinski definition) is 0. The second-order valence-corrected chi connectivity index (χ2v) is 5.70. The van der Waals surface area contributed by atoms with E-state index in [1.165, 1.54) is 6.07 Å². The van der Waals surface area contributed by atoms with Crippen molar-refractivity contribution in [3.8, 4) is 0 Å². The molecule has 0 spiro atoms. The van der Waals surface area contributed by atoms with Gasteiger partial charge in [0.2, 0.25) is 11.7 Å². The average molecular weight is 297 g/mol. The molecule has 2 aromatic heterocycles. The van der Waals surface area contributed by atoms with Crippen LogP contribution in [0.1, 0.15) is 12.5 Å². The number of anilines is 1. The lowest BCUT2D eigenvalue weighted by atomic mass is 10.1. The molecule has 22 heavy (non-hydrogen) atoms. The third-order valence-electron chi connectivity index (χ3n) is 4.36. The van der Waals surface area contributed by atoms with Crippen LogP contribution >= 0.6 is 0 Å². The molecule has 112 valence electrons. The second kappa shape index (κ2) is 4.47. The monoisotopic (exact) mass is 297 g/mol. The lowest BCUT2D eigenvalue weighted by molar-refractivity contribution is 0.383. The van der Waals surface area contributed by atoms with Crippen LogP contribution in [0, 0.1) is 12.9 Å². The highest BCUT2D eigenvalue weighted by Gasteiger charge is 2.25. The van der Waals surface area contributed by atoms with Crippen molar-refractivity contribution >= 4 is 27.8 Å². The van der Waals surface area contributed by atoms with Crippen molar-refractivity contribution in [2.45, 2.75) is 20.0 Å². The molecule has 1 aliphatic heterocycles. The van der Waals surface area contributed by atoms with E-state index in [1.807, 2.05) is 25.5 Å². The van der Waals surface area contributed by atoms with Crippen molar-refractivity contribution in [2.75, 3.05) is 11.9 Å². The van der Waals surface area contributed by atoms with Crippen molar-refractivity contribution in [3.63, 3.8) is 0 Å². The molecule has 4 nitrogen and oxygen atoms in total. The van der Waals surface area contributed by atoms with Gasteiger partial charge in [0, 0.05) is 30.2 Å². The van der Waals surface area contributed by atoms with Gasteiger partial charge >= 0.3 is 0 Å². The Morgan fingerprint density at radius 2 is 1.91 bits per heavy atom. The SMILES string of the molecule is Cc1ccc2c(oc3nc(F)ccc32)c1N1C=CN(C)[C@@H]1C. The lowest BCUT2D eigenvalue weighted by Crippen LogP contribution is -2.33. The molecule has 0 radical (unpaired) electrons. The zero-order chi connectivity index (χ0) is 15.4. The molecule has 4 rings (SSSR count). The van der Waals surface area contributed by atoms with E-state index in [1.54, 1.807) is 6.07 Å². The predicted octanol–water partition coefficient (Wildman–Crippen LogP) is 4.00. The third kappa shape index (κ3) is 1.71. The summed E-state index contributed by atoms with van der Waals surface area (Å²) in [6.45, 7) is 4.17. The smallest absolute Gasteiger partial charge is 0.230 e. The summed E-state index contributed by atoms with van der Waals surface area (Å²) in [4.78, 5) is 8.15. The number of halogens is 1. The van der Waals surface area contributed by atoms with Crippen LogP contribution in [0.15, 0.2) is 41.1 Å². The third-order valence-corrected chi connectivity index (χ3v) is 4.36. The Labute approximate surface area is 127 Å². The summed E-state index contributed by atoms with van der Waals surface area (Å²) in [5, 5.41) is 1.79. The summed E-state index contributed by atoms with van der Waals surface area (Å²) < 4.78 is 19.3. The van der Waals surface area contributed by atoms with Crippen LogP contribution in [0.4, 0.5) is 10.1 Å². The highest BCUT2D eigenvalue weighted by Crippen LogP contribution is 2.38. The molecule has 0 saturated carbocycles. The average Bonchev–Trinajstić information content (AvgIpc) is 3.00. The fraction of sp³-hybridized carbons (Fsp3) is 0.235. The fourth-order valence-corrected chi connectivity index (χ4v) is 2.99. The van der Waals surface area contributed by atoms with Crippen molar-refractivity contribution in [3.05, 3.63) is 48.2 Å². The van der Waals surface area contributed by atoms with Gasteiger partial charge in [0.15, 0.2) is 5.58 Å². The number of rotatable bonds is 1. The molecule has 1 aromatic carbocycles. The maximum Gasteiger partial charge on any atom is 0.230 e. The summed E-state index contributed by atoms with van der Waals surface area (Å²) in [5.74, 6) is -0.529. The highest BCUT2D eigenvalue weighted by atomic mass is 19.1. The molecular weight excluding hydrogens is 281 g/mol. The zero-order valence-electron chi connectivity index (χ0n) is 12.7. The van der Waals surface area contributed by atoms with Crippen LogP contribution in [0.3, 0.4) is 0 Å². The number of pyridine rings is 1. The largest absolute Gasteiger partial charge is 0.435 e. The van der Waals surface area contributed by atoms with Crippen molar-refractivity contribution in [1.29, 1.82) is 0 Å². The minimum Gasteiger partial charge on any atom is -0.435 e. The van der Waals surface area contributed by atoms with Crippen LogP contribution in [-0.2, 0) is 0 Å². The minimum atomic E-state index is -0.529. The van der Waals surface area contributed by atoms with E-state index >= 15 is 0 Å². The van der Waals surface area contributed by atoms with Gasteiger partial charge in [-0.1, -0.05) is 12.1 Å². The molecule has 1 atom stereocenters. The summed E-state index contributed by atoms with van der Waals surface area (Å²) in [7, 11) is 2.03. The number of aryl methyl sites for hydroxylation is 1. The van der Waals surface area contributed by atoms with Crippen LogP contribution in [-0.4, -0.2) is 23.1 Å². The van der Waals surface area contributed by atoms with Gasteiger partial charge in [0.1, 0.15) is 6.17 Å². The quantitative estimate of drug-likeness (QED) is 0.636. The van der Waals surface area contributed by atoms with Crippen molar-refractivity contribution in [2.24, 2.45) is 0 Å². The zero-order valence-corrected chi connectivity index (χ0v) is 12.7. The molecular formula is C17H16FN3O. The fourth-order valence-electron chi connectivity index (χ4n) is 2.99. The summed E-state index contributed by atoms with van der Waals surface area (Å²) in [5.41, 5.74) is 3.20. The molecule has 0 N–H and O–H groups in total. The normalized spacial score (nSPS) is 18.1. The number of nitrogens with zero attached hydrogens (tertiary/aromatic N) is 3. The first kappa shape index (κ1) is 13.1. The summed E-state index contributed by atoms with van der Waals surface area (Å²) in [6, 6.07) is 7.16. The summed E-state index contributed by atoms with van der Waals surface area (Å²) in [6.07, 6.45) is 4.26. The van der Waals surface area contributed by atoms with Crippen LogP contribution < -0.4 is 4.90 Å². The number of fused-ring (bicyclic) bond motifs is 3. The van der Waals surface area contributed by atoms with E-state index < -0.39 is 5.95 Å². The number of hydrogen-bond acceptors (Lipinski definition) is 4. The Balaban J connectivity index is 2.03. The van der Waals surface area contributed by atoms with Gasteiger partial charge in [-0.15, -0.1) is 0 Å². The maximum atomic E-state index is 13.4. The Hall–Kier alpha value is -2.56. The molecule has 0 saturated heterocycles. The van der Waals surface area contributed by atoms with E-state index in [9.17, 15) is 4.39 Å². The molecule has 3 aromatic rings. The van der Waals surface area contributed by atoms with Crippen LogP contribution in [0.25, 0.3) is 22.1 Å². The van der Waals surface area contributed by atoms with Crippen LogP contribution in [0.2, 0.25) is 0 Å². The van der Waals surface area contributed by atoms with Gasteiger partial charge in [-0.3, -0.25) is 0 Å². The minimum absolute atomic E-state index is 0.196. The number of benzene rings is 1. The van der Waals surface area contributed by atoms with Gasteiger partial charge in [0.25, 0.3) is 0 Å². The molecule has 5 heteroatoms. The standard InChI is InChI=1S/C17H16FN3O/c1-10-4-5-12-13-6-7-14(18)19-17(13)22-16(12)15(10)21-9-8-20(3)11(21)2/h4-9,11H,1-3H3/t11-/m0/s1. The lowest BCUT2D eigenvalue weighted by Gasteiger charge is -2.28.